The fourth-order valence-corrected chi connectivity index (χ4v) is 3.22. The SMILES string of the molecule is COc1ccccc1C1C(C(=O)CC(C)C)=C(O)C(=O)N1CC(C)C. The van der Waals surface area contributed by atoms with Crippen LogP contribution in [-0.4, -0.2) is 35.4 Å². The van der Waals surface area contributed by atoms with Gasteiger partial charge in [-0.1, -0.05) is 45.9 Å². The molecule has 0 saturated carbocycles. The van der Waals surface area contributed by atoms with Crippen LogP contribution in [0.25, 0.3) is 0 Å². The molecule has 0 fully saturated rings. The third-order valence-corrected chi connectivity index (χ3v) is 4.19. The summed E-state index contributed by atoms with van der Waals surface area (Å²) >= 11 is 0. The highest BCUT2D eigenvalue weighted by Crippen LogP contribution is 2.42. The van der Waals surface area contributed by atoms with Crippen molar-refractivity contribution in [3.8, 4) is 5.75 Å². The molecule has 1 heterocycles. The van der Waals surface area contributed by atoms with E-state index in [9.17, 15) is 14.7 Å². The van der Waals surface area contributed by atoms with Gasteiger partial charge in [-0.05, 0) is 17.9 Å². The van der Waals surface area contributed by atoms with Crippen LogP contribution in [0.15, 0.2) is 35.6 Å². The third kappa shape index (κ3) is 3.86. The number of hydrogen-bond donors (Lipinski definition) is 1. The molecule has 0 aliphatic carbocycles. The summed E-state index contributed by atoms with van der Waals surface area (Å²) in [5.41, 5.74) is 0.902. The van der Waals surface area contributed by atoms with Crippen LogP contribution in [0.3, 0.4) is 0 Å². The molecule has 1 amide bonds. The zero-order valence-electron chi connectivity index (χ0n) is 15.6. The number of carbonyl (C=O) groups excluding carboxylic acids is 2. The topological polar surface area (TPSA) is 66.8 Å². The predicted octanol–water partition coefficient (Wildman–Crippen LogP) is 3.66. The van der Waals surface area contributed by atoms with Gasteiger partial charge in [-0.25, -0.2) is 0 Å². The fourth-order valence-electron chi connectivity index (χ4n) is 3.22. The zero-order valence-corrected chi connectivity index (χ0v) is 15.6. The number of nitrogens with zero attached hydrogens (tertiary/aromatic N) is 1. The van der Waals surface area contributed by atoms with Crippen LogP contribution in [-0.2, 0) is 9.59 Å². The second-order valence-electron chi connectivity index (χ2n) is 7.28. The van der Waals surface area contributed by atoms with Gasteiger partial charge in [0.15, 0.2) is 11.5 Å². The lowest BCUT2D eigenvalue weighted by molar-refractivity contribution is -0.129. The highest BCUT2D eigenvalue weighted by Gasteiger charge is 2.44. The number of ketones is 1. The lowest BCUT2D eigenvalue weighted by Crippen LogP contribution is -2.34. The Kier molecular flexibility index (Phi) is 5.88. The summed E-state index contributed by atoms with van der Waals surface area (Å²) < 4.78 is 5.44. The quantitative estimate of drug-likeness (QED) is 0.819. The Labute approximate surface area is 149 Å². The van der Waals surface area contributed by atoms with E-state index in [1.165, 1.54) is 0 Å². The molecule has 1 aromatic carbocycles. The molecule has 5 nitrogen and oxygen atoms in total. The van der Waals surface area contributed by atoms with Crippen molar-refractivity contribution in [2.75, 3.05) is 13.7 Å². The van der Waals surface area contributed by atoms with E-state index in [1.807, 2.05) is 45.9 Å². The predicted molar refractivity (Wildman–Crippen MR) is 96.4 cm³/mol. The Morgan fingerprint density at radius 2 is 1.84 bits per heavy atom. The second-order valence-corrected chi connectivity index (χ2v) is 7.28. The number of methoxy groups -OCH3 is 1. The Morgan fingerprint density at radius 1 is 1.20 bits per heavy atom. The maximum atomic E-state index is 12.8. The minimum atomic E-state index is -0.614. The van der Waals surface area contributed by atoms with Gasteiger partial charge in [0.25, 0.3) is 5.91 Å². The van der Waals surface area contributed by atoms with E-state index in [-0.39, 0.29) is 29.6 Å². The Hall–Kier alpha value is -2.30. The molecule has 0 aromatic heterocycles. The maximum Gasteiger partial charge on any atom is 0.290 e. The summed E-state index contributed by atoms with van der Waals surface area (Å²) in [5.74, 6) is -0.172. The molecule has 1 atom stereocenters. The monoisotopic (exact) mass is 345 g/mol. The van der Waals surface area contributed by atoms with Crippen LogP contribution in [0.1, 0.15) is 45.7 Å². The molecule has 1 unspecified atom stereocenters. The number of aliphatic hydroxyl groups excluding tert-OH is 1. The molecule has 0 radical (unpaired) electrons. The molecular weight excluding hydrogens is 318 g/mol. The molecule has 1 aromatic rings. The lowest BCUT2D eigenvalue weighted by Gasteiger charge is -2.29. The smallest absolute Gasteiger partial charge is 0.290 e. The van der Waals surface area contributed by atoms with E-state index in [2.05, 4.69) is 0 Å². The van der Waals surface area contributed by atoms with Crippen LogP contribution < -0.4 is 4.74 Å². The summed E-state index contributed by atoms with van der Waals surface area (Å²) in [6, 6.07) is 6.71. The van der Waals surface area contributed by atoms with E-state index < -0.39 is 17.7 Å². The van der Waals surface area contributed by atoms with Gasteiger partial charge in [-0.2, -0.15) is 0 Å². The number of hydrogen-bond acceptors (Lipinski definition) is 4. The molecule has 0 spiro atoms. The zero-order chi connectivity index (χ0) is 18.7. The number of rotatable bonds is 7. The Balaban J connectivity index is 2.57. The largest absolute Gasteiger partial charge is 0.503 e. The van der Waals surface area contributed by atoms with Crippen molar-refractivity contribution in [3.63, 3.8) is 0 Å². The average molecular weight is 345 g/mol. The third-order valence-electron chi connectivity index (χ3n) is 4.19. The number of aliphatic hydroxyl groups is 1. The van der Waals surface area contributed by atoms with Gasteiger partial charge in [0.1, 0.15) is 5.75 Å². The summed E-state index contributed by atoms with van der Waals surface area (Å²) in [5, 5.41) is 10.4. The first kappa shape index (κ1) is 19.0. The first-order valence-corrected chi connectivity index (χ1v) is 8.68. The summed E-state index contributed by atoms with van der Waals surface area (Å²) in [7, 11) is 1.56. The van der Waals surface area contributed by atoms with Crippen LogP contribution in [0.4, 0.5) is 0 Å². The summed E-state index contributed by atoms with van der Waals surface area (Å²) in [6.07, 6.45) is 0.286. The number of para-hydroxylation sites is 1. The summed E-state index contributed by atoms with van der Waals surface area (Å²) in [6.45, 7) is 8.33. The normalized spacial score (nSPS) is 17.8. The average Bonchev–Trinajstić information content (AvgIpc) is 2.78. The second kappa shape index (κ2) is 7.72. The molecule has 1 aliphatic heterocycles. The molecule has 0 bridgehead atoms. The molecule has 1 N–H and O–H groups in total. The van der Waals surface area contributed by atoms with Gasteiger partial charge in [-0.15, -0.1) is 0 Å². The maximum absolute atomic E-state index is 12.8. The van der Waals surface area contributed by atoms with Crippen molar-refractivity contribution in [3.05, 3.63) is 41.2 Å². The molecule has 0 saturated heterocycles. The van der Waals surface area contributed by atoms with Crippen LogP contribution in [0, 0.1) is 11.8 Å². The van der Waals surface area contributed by atoms with Gasteiger partial charge < -0.3 is 14.7 Å². The van der Waals surface area contributed by atoms with Crippen molar-refractivity contribution in [2.24, 2.45) is 11.8 Å². The fraction of sp³-hybridized carbons (Fsp3) is 0.500. The molecule has 1 aliphatic rings. The number of benzene rings is 1. The van der Waals surface area contributed by atoms with Crippen LogP contribution >= 0.6 is 0 Å². The molecular formula is C20H27NO4. The van der Waals surface area contributed by atoms with E-state index in [4.69, 9.17) is 4.74 Å². The first-order chi connectivity index (χ1) is 11.8. The van der Waals surface area contributed by atoms with Crippen molar-refractivity contribution in [1.82, 2.24) is 4.90 Å². The van der Waals surface area contributed by atoms with Gasteiger partial charge >= 0.3 is 0 Å². The minimum Gasteiger partial charge on any atom is -0.503 e. The lowest BCUT2D eigenvalue weighted by atomic mass is 9.91. The van der Waals surface area contributed by atoms with Crippen molar-refractivity contribution >= 4 is 11.7 Å². The van der Waals surface area contributed by atoms with Crippen molar-refractivity contribution in [2.45, 2.75) is 40.2 Å². The van der Waals surface area contributed by atoms with Gasteiger partial charge in [0, 0.05) is 18.5 Å². The molecule has 5 heteroatoms. The van der Waals surface area contributed by atoms with Crippen molar-refractivity contribution < 1.29 is 19.4 Å². The van der Waals surface area contributed by atoms with E-state index >= 15 is 0 Å². The van der Waals surface area contributed by atoms with E-state index in [0.717, 1.165) is 5.56 Å². The van der Waals surface area contributed by atoms with E-state index in [1.54, 1.807) is 18.1 Å². The minimum absolute atomic E-state index is 0.139. The number of carbonyl (C=O) groups is 2. The van der Waals surface area contributed by atoms with Gasteiger partial charge in [0.2, 0.25) is 0 Å². The van der Waals surface area contributed by atoms with E-state index in [0.29, 0.717) is 12.3 Å². The summed E-state index contributed by atoms with van der Waals surface area (Å²) in [4.78, 5) is 27.0. The standard InChI is InChI=1S/C20H27NO4/c1-12(2)10-15(22)17-18(14-8-6-7-9-16(14)25-5)21(11-13(3)4)20(24)19(17)23/h6-9,12-13,18,23H,10-11H2,1-5H3. The number of Topliss-reactive ketones (excluding diaryl/α,β-unsaturated/α-hetero) is 1. The van der Waals surface area contributed by atoms with Gasteiger partial charge in [0.05, 0.1) is 18.7 Å². The molecule has 25 heavy (non-hydrogen) atoms. The van der Waals surface area contributed by atoms with Crippen LogP contribution in [0.5, 0.6) is 5.75 Å². The highest BCUT2D eigenvalue weighted by atomic mass is 16.5. The van der Waals surface area contributed by atoms with Crippen molar-refractivity contribution in [1.29, 1.82) is 0 Å². The number of ether oxygens (including phenoxy) is 1. The Bertz CT molecular complexity index is 691. The molecule has 136 valence electrons. The molecule has 2 rings (SSSR count). The number of amides is 1. The first-order valence-electron chi connectivity index (χ1n) is 8.68. The Morgan fingerprint density at radius 3 is 2.40 bits per heavy atom. The highest BCUT2D eigenvalue weighted by molar-refractivity contribution is 6.09. The van der Waals surface area contributed by atoms with Crippen LogP contribution in [0.2, 0.25) is 0 Å². The van der Waals surface area contributed by atoms with Gasteiger partial charge in [-0.3, -0.25) is 9.59 Å².